The number of benzene rings is 1. The summed E-state index contributed by atoms with van der Waals surface area (Å²) in [6, 6.07) is 13.6. The van der Waals surface area contributed by atoms with Crippen LogP contribution in [0.5, 0.6) is 0 Å². The van der Waals surface area contributed by atoms with Crippen molar-refractivity contribution >= 4 is 29.0 Å². The Balaban J connectivity index is 1.25. The van der Waals surface area contributed by atoms with Gasteiger partial charge >= 0.3 is 0 Å². The first-order chi connectivity index (χ1) is 14.2. The van der Waals surface area contributed by atoms with Crippen LogP contribution in [0.3, 0.4) is 0 Å². The van der Waals surface area contributed by atoms with E-state index in [2.05, 4.69) is 20.3 Å². The Morgan fingerprint density at radius 1 is 0.966 bits per heavy atom. The molecule has 150 valence electrons. The molecule has 1 fully saturated rings. The second-order valence-electron chi connectivity index (χ2n) is 7.33. The maximum atomic E-state index is 12.4. The number of carbonyl (C=O) groups excluding carboxylic acids is 2. The number of rotatable bonds is 6. The van der Waals surface area contributed by atoms with Crippen LogP contribution < -0.4 is 10.2 Å². The Bertz CT molecular complexity index is 889. The van der Waals surface area contributed by atoms with Crippen LogP contribution in [-0.2, 0) is 9.59 Å². The second-order valence-corrected chi connectivity index (χ2v) is 7.33. The molecule has 29 heavy (non-hydrogen) atoms. The summed E-state index contributed by atoms with van der Waals surface area (Å²) in [4.78, 5) is 31.3. The van der Waals surface area contributed by atoms with Crippen LogP contribution in [0.15, 0.2) is 53.8 Å². The van der Waals surface area contributed by atoms with Crippen molar-refractivity contribution in [2.75, 3.05) is 29.9 Å². The molecule has 2 aliphatic heterocycles. The third kappa shape index (κ3) is 4.80. The zero-order chi connectivity index (χ0) is 20.1. The van der Waals surface area contributed by atoms with Gasteiger partial charge in [-0.15, -0.1) is 0 Å². The van der Waals surface area contributed by atoms with Crippen molar-refractivity contribution in [3.05, 3.63) is 54.2 Å². The van der Waals surface area contributed by atoms with Crippen LogP contribution in [-0.4, -0.2) is 47.2 Å². The van der Waals surface area contributed by atoms with Gasteiger partial charge in [-0.05, 0) is 30.5 Å². The zero-order valence-electron chi connectivity index (χ0n) is 16.4. The molecule has 0 saturated carbocycles. The first-order valence-corrected chi connectivity index (χ1v) is 10.1. The lowest BCUT2D eigenvalue weighted by molar-refractivity contribution is -0.132. The fourth-order valence-corrected chi connectivity index (χ4v) is 3.64. The fraction of sp³-hybridized carbons (Fsp3) is 0.364. The smallest absolute Gasteiger partial charge is 0.243 e. The highest BCUT2D eigenvalue weighted by Crippen LogP contribution is 2.19. The highest BCUT2D eigenvalue weighted by atomic mass is 16.2. The number of pyridine rings is 1. The molecule has 1 aromatic heterocycles. The zero-order valence-corrected chi connectivity index (χ0v) is 16.4. The van der Waals surface area contributed by atoms with Gasteiger partial charge in [0.2, 0.25) is 11.8 Å². The summed E-state index contributed by atoms with van der Waals surface area (Å²) in [5.74, 6) is 0.617. The van der Waals surface area contributed by atoms with Gasteiger partial charge in [0, 0.05) is 32.4 Å². The largest absolute Gasteiger partial charge is 0.357 e. The maximum absolute atomic E-state index is 12.4. The van der Waals surface area contributed by atoms with Gasteiger partial charge in [0.05, 0.1) is 24.1 Å². The van der Waals surface area contributed by atoms with Crippen molar-refractivity contribution in [3.8, 4) is 0 Å². The van der Waals surface area contributed by atoms with Crippen LogP contribution in [0.25, 0.3) is 0 Å². The maximum Gasteiger partial charge on any atom is 0.243 e. The molecule has 0 atom stereocenters. The number of amides is 2. The minimum absolute atomic E-state index is 0.124. The summed E-state index contributed by atoms with van der Waals surface area (Å²) in [6.45, 7) is 2.63. The lowest BCUT2D eigenvalue weighted by Crippen LogP contribution is -2.25. The van der Waals surface area contributed by atoms with Crippen LogP contribution in [0.2, 0.25) is 0 Å². The molecular weight excluding hydrogens is 366 g/mol. The Morgan fingerprint density at radius 3 is 2.48 bits per heavy atom. The van der Waals surface area contributed by atoms with Crippen LogP contribution in [0.1, 0.15) is 37.7 Å². The van der Waals surface area contributed by atoms with E-state index in [0.29, 0.717) is 12.2 Å². The van der Waals surface area contributed by atoms with E-state index >= 15 is 0 Å². The number of hydrogen-bond acceptors (Lipinski definition) is 5. The third-order valence-electron chi connectivity index (χ3n) is 5.22. The van der Waals surface area contributed by atoms with Gasteiger partial charge in [-0.1, -0.05) is 30.3 Å². The number of nitrogens with zero attached hydrogens (tertiary/aromatic N) is 4. The fourth-order valence-electron chi connectivity index (χ4n) is 3.64. The topological polar surface area (TPSA) is 77.9 Å². The van der Waals surface area contributed by atoms with Crippen molar-refractivity contribution in [1.82, 2.24) is 9.99 Å². The molecule has 0 unspecified atom stereocenters. The molecule has 1 saturated heterocycles. The SMILES string of the molecule is O=C(CCC(=O)N1CCC(c2ccccc2)=N1)Nc1ccc(N2CCCC2)nc1. The molecule has 2 aliphatic rings. The van der Waals surface area contributed by atoms with Crippen molar-refractivity contribution in [3.63, 3.8) is 0 Å². The Hall–Kier alpha value is -3.22. The van der Waals surface area contributed by atoms with Gasteiger partial charge in [0.1, 0.15) is 5.82 Å². The summed E-state index contributed by atoms with van der Waals surface area (Å²) >= 11 is 0. The van der Waals surface area contributed by atoms with Gasteiger partial charge in [-0.25, -0.2) is 9.99 Å². The summed E-state index contributed by atoms with van der Waals surface area (Å²) in [7, 11) is 0. The molecule has 2 aromatic rings. The molecule has 1 N–H and O–H groups in total. The van der Waals surface area contributed by atoms with Crippen LogP contribution >= 0.6 is 0 Å². The summed E-state index contributed by atoms with van der Waals surface area (Å²) in [5.41, 5.74) is 2.59. The highest BCUT2D eigenvalue weighted by molar-refractivity contribution is 6.02. The number of aromatic nitrogens is 1. The molecule has 7 nitrogen and oxygen atoms in total. The van der Waals surface area contributed by atoms with Crippen LogP contribution in [0.4, 0.5) is 11.5 Å². The van der Waals surface area contributed by atoms with Crippen molar-refractivity contribution in [2.45, 2.75) is 32.1 Å². The number of anilines is 2. The van der Waals surface area contributed by atoms with Gasteiger partial charge < -0.3 is 10.2 Å². The Labute approximate surface area is 170 Å². The first-order valence-electron chi connectivity index (χ1n) is 10.1. The number of nitrogens with one attached hydrogen (secondary N) is 1. The summed E-state index contributed by atoms with van der Waals surface area (Å²) in [5, 5.41) is 8.71. The molecule has 0 bridgehead atoms. The van der Waals surface area contributed by atoms with Gasteiger partial charge in [0.25, 0.3) is 0 Å². The van der Waals surface area contributed by atoms with E-state index in [1.807, 2.05) is 42.5 Å². The second kappa shape index (κ2) is 8.86. The number of hydrogen-bond donors (Lipinski definition) is 1. The molecular formula is C22H25N5O2. The summed E-state index contributed by atoms with van der Waals surface area (Å²) in [6.07, 6.45) is 5.06. The molecule has 2 amide bonds. The van der Waals surface area contributed by atoms with E-state index in [1.165, 1.54) is 17.9 Å². The molecule has 7 heteroatoms. The lowest BCUT2D eigenvalue weighted by atomic mass is 10.1. The minimum Gasteiger partial charge on any atom is -0.357 e. The Morgan fingerprint density at radius 2 is 1.76 bits per heavy atom. The quantitative estimate of drug-likeness (QED) is 0.821. The van der Waals surface area contributed by atoms with E-state index < -0.39 is 0 Å². The Kier molecular flexibility index (Phi) is 5.84. The minimum atomic E-state index is -0.194. The molecule has 0 aliphatic carbocycles. The highest BCUT2D eigenvalue weighted by Gasteiger charge is 2.22. The van der Waals surface area contributed by atoms with Gasteiger partial charge in [-0.2, -0.15) is 5.10 Å². The molecule has 0 radical (unpaired) electrons. The predicted molar refractivity (Wildman–Crippen MR) is 113 cm³/mol. The van der Waals surface area contributed by atoms with E-state index in [4.69, 9.17) is 0 Å². The third-order valence-corrected chi connectivity index (χ3v) is 5.22. The lowest BCUT2D eigenvalue weighted by Gasteiger charge is -2.16. The number of carbonyl (C=O) groups is 2. The molecule has 1 aromatic carbocycles. The van der Waals surface area contributed by atoms with Gasteiger partial charge in [0.15, 0.2) is 0 Å². The average molecular weight is 391 g/mol. The van der Waals surface area contributed by atoms with E-state index in [1.54, 1.807) is 6.20 Å². The average Bonchev–Trinajstić information content (AvgIpc) is 3.46. The molecule has 3 heterocycles. The monoisotopic (exact) mass is 391 g/mol. The van der Waals surface area contributed by atoms with Crippen LogP contribution in [0, 0.1) is 0 Å². The van der Waals surface area contributed by atoms with E-state index in [9.17, 15) is 9.59 Å². The number of hydrazone groups is 1. The predicted octanol–water partition coefficient (Wildman–Crippen LogP) is 3.04. The molecule has 0 spiro atoms. The normalized spacial score (nSPS) is 16.1. The van der Waals surface area contributed by atoms with Crippen molar-refractivity contribution < 1.29 is 9.59 Å². The first kappa shape index (κ1) is 19.1. The van der Waals surface area contributed by atoms with Crippen molar-refractivity contribution in [1.29, 1.82) is 0 Å². The standard InChI is InChI=1S/C22H25N5O2/c28-21(24-18-8-9-20(23-16-18)26-13-4-5-14-26)10-11-22(29)27-15-12-19(25-27)17-6-2-1-3-7-17/h1-3,6-9,16H,4-5,10-15H2,(H,24,28). The summed E-state index contributed by atoms with van der Waals surface area (Å²) < 4.78 is 0. The van der Waals surface area contributed by atoms with Crippen molar-refractivity contribution in [2.24, 2.45) is 5.10 Å². The van der Waals surface area contributed by atoms with E-state index in [-0.39, 0.29) is 24.7 Å². The van der Waals surface area contributed by atoms with E-state index in [0.717, 1.165) is 36.6 Å². The van der Waals surface area contributed by atoms with Gasteiger partial charge in [-0.3, -0.25) is 9.59 Å². The molecule has 4 rings (SSSR count).